The highest BCUT2D eigenvalue weighted by Crippen LogP contribution is 2.17. The van der Waals surface area contributed by atoms with E-state index in [1.165, 1.54) is 6.42 Å². The van der Waals surface area contributed by atoms with Crippen LogP contribution in [-0.4, -0.2) is 37.5 Å². The summed E-state index contributed by atoms with van der Waals surface area (Å²) in [6.07, 6.45) is 5.95. The highest BCUT2D eigenvalue weighted by Gasteiger charge is 2.21. The molecular weight excluding hydrogens is 244 g/mol. The van der Waals surface area contributed by atoms with Gasteiger partial charge in [0.05, 0.1) is 0 Å². The SMILES string of the molecule is CNCC1CCCN(C(=O)C=Cc2cccs2)C1. The third-order valence-electron chi connectivity index (χ3n) is 3.26. The van der Waals surface area contributed by atoms with Crippen LogP contribution in [0.3, 0.4) is 0 Å². The summed E-state index contributed by atoms with van der Waals surface area (Å²) in [5.41, 5.74) is 0. The number of thiophene rings is 1. The quantitative estimate of drug-likeness (QED) is 0.846. The fourth-order valence-corrected chi connectivity index (χ4v) is 2.98. The van der Waals surface area contributed by atoms with Crippen LogP contribution in [0.2, 0.25) is 0 Å². The van der Waals surface area contributed by atoms with Gasteiger partial charge in [-0.15, -0.1) is 11.3 Å². The second-order valence-electron chi connectivity index (χ2n) is 4.70. The number of piperidine rings is 1. The van der Waals surface area contributed by atoms with Crippen LogP contribution in [-0.2, 0) is 4.79 Å². The van der Waals surface area contributed by atoms with Gasteiger partial charge < -0.3 is 10.2 Å². The molecule has 1 aliphatic rings. The average Bonchev–Trinajstić information content (AvgIpc) is 2.90. The van der Waals surface area contributed by atoms with E-state index < -0.39 is 0 Å². The van der Waals surface area contributed by atoms with Crippen molar-refractivity contribution in [2.24, 2.45) is 5.92 Å². The van der Waals surface area contributed by atoms with Crippen molar-refractivity contribution in [2.45, 2.75) is 12.8 Å². The van der Waals surface area contributed by atoms with Gasteiger partial charge in [-0.05, 0) is 49.9 Å². The van der Waals surface area contributed by atoms with Crippen LogP contribution in [0.5, 0.6) is 0 Å². The van der Waals surface area contributed by atoms with Crippen molar-refractivity contribution in [1.29, 1.82) is 0 Å². The number of amides is 1. The number of hydrogen-bond acceptors (Lipinski definition) is 3. The fourth-order valence-electron chi connectivity index (χ4n) is 2.37. The van der Waals surface area contributed by atoms with Gasteiger partial charge in [0.2, 0.25) is 5.91 Å². The normalized spacial score (nSPS) is 20.5. The molecule has 1 N–H and O–H groups in total. The summed E-state index contributed by atoms with van der Waals surface area (Å²) in [4.78, 5) is 15.2. The van der Waals surface area contributed by atoms with E-state index in [2.05, 4.69) is 5.32 Å². The molecule has 3 nitrogen and oxygen atoms in total. The van der Waals surface area contributed by atoms with Crippen molar-refractivity contribution in [3.63, 3.8) is 0 Å². The van der Waals surface area contributed by atoms with Crippen molar-refractivity contribution in [1.82, 2.24) is 10.2 Å². The zero-order chi connectivity index (χ0) is 12.8. The Bertz CT molecular complexity index is 398. The summed E-state index contributed by atoms with van der Waals surface area (Å²) in [5, 5.41) is 5.22. The molecule has 0 bridgehead atoms. The van der Waals surface area contributed by atoms with Gasteiger partial charge in [-0.25, -0.2) is 0 Å². The van der Waals surface area contributed by atoms with Crippen molar-refractivity contribution < 1.29 is 4.79 Å². The number of carbonyl (C=O) groups is 1. The van der Waals surface area contributed by atoms with E-state index in [0.717, 1.165) is 30.9 Å². The molecule has 0 spiro atoms. The zero-order valence-electron chi connectivity index (χ0n) is 10.8. The van der Waals surface area contributed by atoms with Gasteiger partial charge in [0, 0.05) is 24.0 Å². The van der Waals surface area contributed by atoms with Gasteiger partial charge in [-0.3, -0.25) is 4.79 Å². The Labute approximate surface area is 112 Å². The third kappa shape index (κ3) is 3.68. The molecule has 0 saturated carbocycles. The molecule has 1 fully saturated rings. The van der Waals surface area contributed by atoms with Crippen molar-refractivity contribution in [3.05, 3.63) is 28.5 Å². The lowest BCUT2D eigenvalue weighted by molar-refractivity contribution is -0.127. The first-order valence-electron chi connectivity index (χ1n) is 6.44. The van der Waals surface area contributed by atoms with E-state index >= 15 is 0 Å². The molecular formula is C14H20N2OS. The van der Waals surface area contributed by atoms with Gasteiger partial charge in [0.15, 0.2) is 0 Å². The molecule has 0 radical (unpaired) electrons. The standard InChI is InChI=1S/C14H20N2OS/c1-15-10-12-4-2-8-16(11-12)14(17)7-6-13-5-3-9-18-13/h3,5-7,9,12,15H,2,4,8,10-11H2,1H3. The molecule has 98 valence electrons. The van der Waals surface area contributed by atoms with Crippen LogP contribution in [0.25, 0.3) is 6.08 Å². The smallest absolute Gasteiger partial charge is 0.246 e. The summed E-state index contributed by atoms with van der Waals surface area (Å²) < 4.78 is 0. The third-order valence-corrected chi connectivity index (χ3v) is 4.09. The van der Waals surface area contributed by atoms with Crippen LogP contribution in [0.4, 0.5) is 0 Å². The summed E-state index contributed by atoms with van der Waals surface area (Å²) in [6.45, 7) is 2.78. The highest BCUT2D eigenvalue weighted by atomic mass is 32.1. The number of nitrogens with one attached hydrogen (secondary N) is 1. The summed E-state index contributed by atoms with van der Waals surface area (Å²) in [5.74, 6) is 0.743. The highest BCUT2D eigenvalue weighted by molar-refractivity contribution is 7.10. The largest absolute Gasteiger partial charge is 0.339 e. The zero-order valence-corrected chi connectivity index (χ0v) is 11.6. The minimum Gasteiger partial charge on any atom is -0.339 e. The van der Waals surface area contributed by atoms with E-state index in [4.69, 9.17) is 0 Å². The minimum absolute atomic E-state index is 0.143. The molecule has 1 unspecified atom stereocenters. The van der Waals surface area contributed by atoms with Crippen LogP contribution >= 0.6 is 11.3 Å². The molecule has 0 aliphatic carbocycles. The predicted octanol–water partition coefficient (Wildman–Crippen LogP) is 2.22. The first-order chi connectivity index (χ1) is 8.79. The van der Waals surface area contributed by atoms with E-state index in [1.807, 2.05) is 35.5 Å². The number of carbonyl (C=O) groups excluding carboxylic acids is 1. The van der Waals surface area contributed by atoms with Crippen molar-refractivity contribution in [2.75, 3.05) is 26.7 Å². The van der Waals surface area contributed by atoms with Crippen LogP contribution in [0, 0.1) is 5.92 Å². The van der Waals surface area contributed by atoms with Gasteiger partial charge in [0.1, 0.15) is 0 Å². The van der Waals surface area contributed by atoms with E-state index in [0.29, 0.717) is 5.92 Å². The number of hydrogen-bond donors (Lipinski definition) is 1. The number of rotatable bonds is 4. The Morgan fingerprint density at radius 1 is 1.67 bits per heavy atom. The molecule has 18 heavy (non-hydrogen) atoms. The molecule has 4 heteroatoms. The van der Waals surface area contributed by atoms with Crippen LogP contribution in [0.1, 0.15) is 17.7 Å². The molecule has 1 atom stereocenters. The molecule has 1 saturated heterocycles. The summed E-state index contributed by atoms with van der Waals surface area (Å²) in [6, 6.07) is 4.02. The average molecular weight is 264 g/mol. The second kappa shape index (κ2) is 6.71. The van der Waals surface area contributed by atoms with E-state index in [-0.39, 0.29) is 5.91 Å². The van der Waals surface area contributed by atoms with Crippen molar-refractivity contribution >= 4 is 23.3 Å². The Morgan fingerprint density at radius 3 is 3.28 bits per heavy atom. The monoisotopic (exact) mass is 264 g/mol. The fraction of sp³-hybridized carbons (Fsp3) is 0.500. The number of nitrogens with zero attached hydrogens (tertiary/aromatic N) is 1. The Morgan fingerprint density at radius 2 is 2.56 bits per heavy atom. The number of likely N-dealkylation sites (tertiary alicyclic amines) is 1. The Balaban J connectivity index is 1.88. The van der Waals surface area contributed by atoms with E-state index in [9.17, 15) is 4.79 Å². The van der Waals surface area contributed by atoms with Gasteiger partial charge in [0.25, 0.3) is 0 Å². The molecule has 1 aromatic heterocycles. The molecule has 0 aromatic carbocycles. The molecule has 2 rings (SSSR count). The van der Waals surface area contributed by atoms with Crippen LogP contribution < -0.4 is 5.32 Å². The molecule has 1 aliphatic heterocycles. The summed E-state index contributed by atoms with van der Waals surface area (Å²) in [7, 11) is 1.97. The lowest BCUT2D eigenvalue weighted by Gasteiger charge is -2.32. The first kappa shape index (κ1) is 13.3. The maximum absolute atomic E-state index is 12.1. The topological polar surface area (TPSA) is 32.3 Å². The van der Waals surface area contributed by atoms with Gasteiger partial charge >= 0.3 is 0 Å². The molecule has 1 amide bonds. The van der Waals surface area contributed by atoms with Crippen molar-refractivity contribution in [3.8, 4) is 0 Å². The molecule has 2 heterocycles. The first-order valence-corrected chi connectivity index (χ1v) is 7.32. The Kier molecular flexibility index (Phi) is 4.96. The second-order valence-corrected chi connectivity index (χ2v) is 5.68. The Hall–Kier alpha value is -1.13. The van der Waals surface area contributed by atoms with Gasteiger partial charge in [-0.1, -0.05) is 6.07 Å². The lowest BCUT2D eigenvalue weighted by Crippen LogP contribution is -2.41. The van der Waals surface area contributed by atoms with E-state index in [1.54, 1.807) is 17.4 Å². The lowest BCUT2D eigenvalue weighted by atomic mass is 9.98. The van der Waals surface area contributed by atoms with Gasteiger partial charge in [-0.2, -0.15) is 0 Å². The van der Waals surface area contributed by atoms with Crippen LogP contribution in [0.15, 0.2) is 23.6 Å². The maximum atomic E-state index is 12.1. The minimum atomic E-state index is 0.143. The maximum Gasteiger partial charge on any atom is 0.246 e. The predicted molar refractivity (Wildman–Crippen MR) is 76.6 cm³/mol. The molecule has 1 aromatic rings. The summed E-state index contributed by atoms with van der Waals surface area (Å²) >= 11 is 1.65.